The smallest absolute Gasteiger partial charge is 0.333 e. The van der Waals surface area contributed by atoms with E-state index >= 15 is 0 Å². The molecule has 11 nitrogen and oxygen atoms in total. The molecule has 0 saturated heterocycles. The van der Waals surface area contributed by atoms with Gasteiger partial charge in [0.15, 0.2) is 0 Å². The van der Waals surface area contributed by atoms with E-state index in [4.69, 9.17) is 0 Å². The maximum atomic E-state index is 14.0. The molecule has 0 aliphatic heterocycles. The molecule has 1 aromatic carbocycles. The van der Waals surface area contributed by atoms with Crippen molar-refractivity contribution in [1.29, 1.82) is 0 Å². The van der Waals surface area contributed by atoms with Gasteiger partial charge >= 0.3 is 5.69 Å². The summed E-state index contributed by atoms with van der Waals surface area (Å²) in [7, 11) is 0. The van der Waals surface area contributed by atoms with Crippen molar-refractivity contribution in [3.05, 3.63) is 68.4 Å². The number of carbonyl (C=O) groups excluding carboxylic acids is 1. The number of phenolic OH excluding ortho intramolecular Hbond substituents is 1. The summed E-state index contributed by atoms with van der Waals surface area (Å²) in [4.78, 5) is 43.1. The molecule has 1 amide bonds. The highest BCUT2D eigenvalue weighted by atomic mass is 32.1. The van der Waals surface area contributed by atoms with Crippen molar-refractivity contribution in [2.45, 2.75) is 78.1 Å². The molecule has 214 valence electrons. The molecule has 0 aliphatic carbocycles. The Balaban J connectivity index is 1.86. The number of rotatable bonds is 10. The molecule has 3 N–H and O–H groups in total. The largest absolute Gasteiger partial charge is 0.508 e. The first-order valence-electron chi connectivity index (χ1n) is 13.0. The number of hydrogen-bond donors (Lipinski definition) is 3. The van der Waals surface area contributed by atoms with Crippen LogP contribution in [-0.2, 0) is 23.3 Å². The lowest BCUT2D eigenvalue weighted by molar-refractivity contribution is -0.129. The van der Waals surface area contributed by atoms with E-state index in [0.29, 0.717) is 33.8 Å². The molecule has 40 heavy (non-hydrogen) atoms. The number of thiophene rings is 1. The van der Waals surface area contributed by atoms with Crippen molar-refractivity contribution in [3.63, 3.8) is 0 Å². The van der Waals surface area contributed by atoms with Gasteiger partial charge in [0, 0.05) is 18.2 Å². The minimum atomic E-state index is -1.58. The van der Waals surface area contributed by atoms with Crippen LogP contribution in [0.4, 0.5) is 4.39 Å². The summed E-state index contributed by atoms with van der Waals surface area (Å²) >= 11 is 1.15. The number of carbonyl (C=O) groups is 1. The Morgan fingerprint density at radius 2 is 1.85 bits per heavy atom. The lowest BCUT2D eigenvalue weighted by atomic mass is 10.0. The highest BCUT2D eigenvalue weighted by Crippen LogP contribution is 2.31. The zero-order valence-corrected chi connectivity index (χ0v) is 23.8. The molecule has 0 fully saturated rings. The number of aromatic hydroxyl groups is 1. The van der Waals surface area contributed by atoms with Crippen LogP contribution in [0.1, 0.15) is 51.7 Å². The second-order valence-corrected chi connectivity index (χ2v) is 11.5. The number of amides is 1. The third-order valence-corrected chi connectivity index (χ3v) is 8.22. The van der Waals surface area contributed by atoms with Crippen LogP contribution in [0.15, 0.2) is 40.2 Å². The quantitative estimate of drug-likeness (QED) is 0.265. The molecule has 4 aromatic rings. The van der Waals surface area contributed by atoms with Crippen LogP contribution in [0, 0.1) is 12.7 Å². The number of fused-ring (bicyclic) bond motifs is 1. The van der Waals surface area contributed by atoms with Gasteiger partial charge < -0.3 is 15.5 Å². The Bertz CT molecular complexity index is 1650. The Morgan fingerprint density at radius 3 is 2.50 bits per heavy atom. The average Bonchev–Trinajstić information content (AvgIpc) is 3.52. The molecule has 2 atom stereocenters. The van der Waals surface area contributed by atoms with Crippen molar-refractivity contribution in [2.75, 3.05) is 0 Å². The van der Waals surface area contributed by atoms with Crippen LogP contribution in [-0.4, -0.2) is 52.4 Å². The number of aromatic nitrogens is 5. The van der Waals surface area contributed by atoms with Gasteiger partial charge in [-0.05, 0) is 77.6 Å². The minimum Gasteiger partial charge on any atom is -0.508 e. The highest BCUT2D eigenvalue weighted by Gasteiger charge is 2.36. The van der Waals surface area contributed by atoms with Gasteiger partial charge in [-0.1, -0.05) is 11.3 Å². The van der Waals surface area contributed by atoms with E-state index < -0.39 is 34.6 Å². The monoisotopic (exact) mass is 572 g/mol. The normalized spacial score (nSPS) is 13.5. The van der Waals surface area contributed by atoms with Crippen LogP contribution in [0.5, 0.6) is 5.75 Å². The van der Waals surface area contributed by atoms with Crippen molar-refractivity contribution in [2.24, 2.45) is 0 Å². The maximum Gasteiger partial charge on any atom is 0.333 e. The molecule has 13 heteroatoms. The Kier molecular flexibility index (Phi) is 8.26. The van der Waals surface area contributed by atoms with E-state index in [1.54, 1.807) is 20.8 Å². The van der Waals surface area contributed by atoms with Gasteiger partial charge in [0.25, 0.3) is 5.56 Å². The summed E-state index contributed by atoms with van der Waals surface area (Å²) in [6.07, 6.45) is 3.54. The fourth-order valence-corrected chi connectivity index (χ4v) is 5.82. The number of nitrogens with one attached hydrogen (secondary N) is 1. The van der Waals surface area contributed by atoms with Crippen LogP contribution in [0.3, 0.4) is 0 Å². The highest BCUT2D eigenvalue weighted by molar-refractivity contribution is 7.21. The number of hydrogen-bond acceptors (Lipinski definition) is 8. The van der Waals surface area contributed by atoms with E-state index in [1.165, 1.54) is 47.7 Å². The molecule has 3 aromatic heterocycles. The fraction of sp³-hybridized carbons (Fsp3) is 0.444. The van der Waals surface area contributed by atoms with Crippen molar-refractivity contribution < 1.29 is 19.4 Å². The summed E-state index contributed by atoms with van der Waals surface area (Å²) in [5.74, 6) is -1.18. The maximum absolute atomic E-state index is 14.0. The molecule has 0 aliphatic rings. The third kappa shape index (κ3) is 5.56. The predicted molar refractivity (Wildman–Crippen MR) is 150 cm³/mol. The van der Waals surface area contributed by atoms with Gasteiger partial charge in [-0.15, -0.1) is 4.80 Å². The lowest BCUT2D eigenvalue weighted by Crippen LogP contribution is -2.56. The molecule has 0 spiro atoms. The van der Waals surface area contributed by atoms with Crippen LogP contribution < -0.4 is 16.6 Å². The lowest BCUT2D eigenvalue weighted by Gasteiger charge is -2.28. The SMILES string of the molecule is Cc1c(-n2nccn2)sc2c1c(=O)n(C(C)(C)C(=O)NC(C)CCC(C)O)c(=O)n2CCc1cc(F)ccc1O. The fourth-order valence-electron chi connectivity index (χ4n) is 4.59. The van der Waals surface area contributed by atoms with Gasteiger partial charge in [-0.3, -0.25) is 14.2 Å². The van der Waals surface area contributed by atoms with Gasteiger partial charge in [-0.25, -0.2) is 13.8 Å². The van der Waals surface area contributed by atoms with E-state index in [9.17, 15) is 29.0 Å². The standard InChI is InChI=1S/C27H33FN6O5S/c1-15(6-7-16(2)35)31-25(38)27(4,5)33-22(37)21-17(3)23(34-29-11-12-30-34)40-24(21)32(26(33)39)13-10-18-14-19(28)8-9-20(18)36/h8-9,11-12,14-16,35-36H,6-7,10,13H2,1-5H3,(H,31,38). The Labute approximate surface area is 233 Å². The average molecular weight is 573 g/mol. The van der Waals surface area contributed by atoms with Crippen molar-refractivity contribution >= 4 is 27.5 Å². The van der Waals surface area contributed by atoms with Gasteiger partial charge in [0.2, 0.25) is 5.91 Å². The van der Waals surface area contributed by atoms with E-state index in [0.717, 1.165) is 22.0 Å². The van der Waals surface area contributed by atoms with Gasteiger partial charge in [0.05, 0.1) is 23.9 Å². The van der Waals surface area contributed by atoms with Gasteiger partial charge in [-0.2, -0.15) is 10.2 Å². The van der Waals surface area contributed by atoms with Crippen LogP contribution >= 0.6 is 11.3 Å². The van der Waals surface area contributed by atoms with E-state index in [2.05, 4.69) is 15.5 Å². The molecular weight excluding hydrogens is 539 g/mol. The topological polar surface area (TPSA) is 144 Å². The van der Waals surface area contributed by atoms with Crippen molar-refractivity contribution in [3.8, 4) is 10.8 Å². The first-order valence-corrected chi connectivity index (χ1v) is 13.8. The zero-order chi connectivity index (χ0) is 29.4. The number of aliphatic hydroxyl groups excluding tert-OH is 1. The van der Waals surface area contributed by atoms with Crippen LogP contribution in [0.2, 0.25) is 0 Å². The van der Waals surface area contributed by atoms with E-state index in [1.807, 2.05) is 0 Å². The summed E-state index contributed by atoms with van der Waals surface area (Å²) < 4.78 is 16.2. The van der Waals surface area contributed by atoms with E-state index in [-0.39, 0.29) is 30.1 Å². The second kappa shape index (κ2) is 11.3. The second-order valence-electron chi connectivity index (χ2n) is 10.5. The summed E-state index contributed by atoms with van der Waals surface area (Å²) in [6, 6.07) is 3.27. The summed E-state index contributed by atoms with van der Waals surface area (Å²) in [5.41, 5.74) is -2.09. The minimum absolute atomic E-state index is 0.00104. The summed E-state index contributed by atoms with van der Waals surface area (Å²) in [6.45, 7) is 8.17. The number of halogens is 1. The first-order chi connectivity index (χ1) is 18.8. The number of aliphatic hydroxyl groups is 1. The van der Waals surface area contributed by atoms with Gasteiger partial charge in [0.1, 0.15) is 26.9 Å². The molecule has 0 radical (unpaired) electrons. The van der Waals surface area contributed by atoms with Crippen molar-refractivity contribution in [1.82, 2.24) is 29.4 Å². The molecule has 0 saturated carbocycles. The molecule has 2 unspecified atom stereocenters. The number of aryl methyl sites for hydroxylation is 3. The molecule has 3 heterocycles. The predicted octanol–water partition coefficient (Wildman–Crippen LogP) is 2.60. The first kappa shape index (κ1) is 29.2. The Hall–Kier alpha value is -3.84. The Morgan fingerprint density at radius 1 is 1.18 bits per heavy atom. The number of benzene rings is 1. The summed E-state index contributed by atoms with van der Waals surface area (Å²) in [5, 5.41) is 31.8. The third-order valence-electron chi connectivity index (χ3n) is 6.94. The molecular formula is C27H33FN6O5S. The zero-order valence-electron chi connectivity index (χ0n) is 23.0. The molecule has 0 bridgehead atoms. The number of nitrogens with zero attached hydrogens (tertiary/aromatic N) is 5. The molecule has 4 rings (SSSR count). The van der Waals surface area contributed by atoms with Crippen LogP contribution in [0.25, 0.3) is 15.2 Å². The number of phenols is 1.